The molecule has 7 nitrogen and oxygen atoms in total. The summed E-state index contributed by atoms with van der Waals surface area (Å²) in [6.45, 7) is 6.48. The highest BCUT2D eigenvalue weighted by molar-refractivity contribution is 7.87. The van der Waals surface area contributed by atoms with Crippen molar-refractivity contribution in [2.45, 2.75) is 38.6 Å². The second kappa shape index (κ2) is 8.52. The van der Waals surface area contributed by atoms with Gasteiger partial charge in [-0.3, -0.25) is 9.69 Å². The third-order valence-electron chi connectivity index (χ3n) is 5.68. The molecule has 0 spiro atoms. The maximum atomic E-state index is 12.4. The lowest BCUT2D eigenvalue weighted by Gasteiger charge is -2.23. The second-order valence-corrected chi connectivity index (χ2v) is 9.20. The number of rotatable bonds is 8. The van der Waals surface area contributed by atoms with Gasteiger partial charge in [0, 0.05) is 58.8 Å². The summed E-state index contributed by atoms with van der Waals surface area (Å²) in [6, 6.07) is -0.00854. The number of nitrogens with one attached hydrogen (secondary N) is 1. The second-order valence-electron chi connectivity index (χ2n) is 7.39. The fourth-order valence-electron chi connectivity index (χ4n) is 3.88. The summed E-state index contributed by atoms with van der Waals surface area (Å²) in [5.74, 6) is 1.32. The first kappa shape index (κ1) is 20.9. The van der Waals surface area contributed by atoms with Gasteiger partial charge in [0.1, 0.15) is 0 Å². The van der Waals surface area contributed by atoms with Crippen molar-refractivity contribution in [2.24, 2.45) is 11.8 Å². The van der Waals surface area contributed by atoms with E-state index >= 15 is 0 Å². The molecule has 1 aliphatic carbocycles. The topological polar surface area (TPSA) is 73.0 Å². The molecule has 0 radical (unpaired) electrons. The highest BCUT2D eigenvalue weighted by atomic mass is 35.5. The average Bonchev–Trinajstić information content (AvgIpc) is 3.19. The molecule has 2 heterocycles. The van der Waals surface area contributed by atoms with Crippen LogP contribution in [0.2, 0.25) is 0 Å². The highest BCUT2D eigenvalue weighted by Crippen LogP contribution is 2.41. The number of likely N-dealkylation sites (tertiary alicyclic amines) is 2. The Labute approximate surface area is 157 Å². The third-order valence-corrected chi connectivity index (χ3v) is 7.36. The molecule has 1 amide bonds. The van der Waals surface area contributed by atoms with Gasteiger partial charge in [-0.25, -0.2) is 0 Å². The van der Waals surface area contributed by atoms with E-state index in [9.17, 15) is 13.2 Å². The summed E-state index contributed by atoms with van der Waals surface area (Å²) in [6.07, 6.45) is 4.07. The fourth-order valence-corrected chi connectivity index (χ4v) is 5.03. The molecule has 146 valence electrons. The Balaban J connectivity index is 0.00000225. The normalized spacial score (nSPS) is 28.0. The Morgan fingerprint density at radius 3 is 2.52 bits per heavy atom. The Hall–Kier alpha value is -0.410. The van der Waals surface area contributed by atoms with Crippen LogP contribution in [0.4, 0.5) is 0 Å². The maximum absolute atomic E-state index is 12.4. The van der Waals surface area contributed by atoms with Crippen molar-refractivity contribution in [1.29, 1.82) is 0 Å². The first-order valence-electron chi connectivity index (χ1n) is 9.14. The maximum Gasteiger partial charge on any atom is 0.279 e. The molecule has 2 saturated heterocycles. The van der Waals surface area contributed by atoms with E-state index < -0.39 is 10.2 Å². The van der Waals surface area contributed by atoms with Gasteiger partial charge in [0.15, 0.2) is 0 Å². The number of hydrogen-bond donors (Lipinski definition) is 1. The SMILES string of the molecule is CCN(C)S(=O)(=O)N[C@H]1CN(CCN2CCCC2=O)C[C@@H]1C1CC1.Cl. The Kier molecular flexibility index (Phi) is 7.12. The zero-order chi connectivity index (χ0) is 17.3. The van der Waals surface area contributed by atoms with Crippen molar-refractivity contribution in [2.75, 3.05) is 46.3 Å². The highest BCUT2D eigenvalue weighted by Gasteiger charge is 2.44. The lowest BCUT2D eigenvalue weighted by Crippen LogP contribution is -2.47. The Morgan fingerprint density at radius 2 is 1.96 bits per heavy atom. The van der Waals surface area contributed by atoms with E-state index in [0.29, 0.717) is 24.8 Å². The number of hydrogen-bond acceptors (Lipinski definition) is 4. The molecule has 1 saturated carbocycles. The smallest absolute Gasteiger partial charge is 0.279 e. The first-order valence-corrected chi connectivity index (χ1v) is 10.6. The zero-order valence-corrected chi connectivity index (χ0v) is 16.8. The molecular weight excluding hydrogens is 364 g/mol. The standard InChI is InChI=1S/C16H30N4O3S.ClH/c1-3-18(2)24(22,23)17-15-12-19(11-14(15)13-6-7-13)9-10-20-8-4-5-16(20)21;/h13-15,17H,3-12H2,1-2H3;1H/t14-,15+;/m1./s1. The molecule has 0 unspecified atom stereocenters. The quantitative estimate of drug-likeness (QED) is 0.651. The summed E-state index contributed by atoms with van der Waals surface area (Å²) in [7, 11) is -1.79. The van der Waals surface area contributed by atoms with E-state index in [0.717, 1.165) is 39.1 Å². The van der Waals surface area contributed by atoms with E-state index in [1.807, 2.05) is 11.8 Å². The number of carbonyl (C=O) groups excluding carboxylic acids is 1. The van der Waals surface area contributed by atoms with Gasteiger partial charge in [0.25, 0.3) is 10.2 Å². The summed E-state index contributed by atoms with van der Waals surface area (Å²) >= 11 is 0. The van der Waals surface area contributed by atoms with Crippen LogP contribution in [0.5, 0.6) is 0 Å². The largest absolute Gasteiger partial charge is 0.341 e. The number of amides is 1. The minimum absolute atomic E-state index is 0. The van der Waals surface area contributed by atoms with Gasteiger partial charge in [-0.1, -0.05) is 6.92 Å². The van der Waals surface area contributed by atoms with Crippen LogP contribution in [-0.4, -0.2) is 80.8 Å². The van der Waals surface area contributed by atoms with Crippen LogP contribution in [0.15, 0.2) is 0 Å². The molecule has 0 aromatic rings. The molecule has 2 aliphatic heterocycles. The van der Waals surface area contributed by atoms with E-state index in [-0.39, 0.29) is 24.4 Å². The summed E-state index contributed by atoms with van der Waals surface area (Å²) in [4.78, 5) is 16.0. The van der Waals surface area contributed by atoms with Crippen LogP contribution >= 0.6 is 12.4 Å². The molecule has 0 bridgehead atoms. The van der Waals surface area contributed by atoms with Crippen molar-refractivity contribution in [3.8, 4) is 0 Å². The van der Waals surface area contributed by atoms with Gasteiger partial charge in [-0.15, -0.1) is 12.4 Å². The van der Waals surface area contributed by atoms with Crippen LogP contribution < -0.4 is 4.72 Å². The zero-order valence-electron chi connectivity index (χ0n) is 15.2. The third kappa shape index (κ3) is 5.07. The molecule has 3 fully saturated rings. The van der Waals surface area contributed by atoms with Gasteiger partial charge >= 0.3 is 0 Å². The van der Waals surface area contributed by atoms with Gasteiger partial charge in [-0.05, 0) is 31.1 Å². The molecule has 9 heteroatoms. The first-order chi connectivity index (χ1) is 11.4. The minimum Gasteiger partial charge on any atom is -0.341 e. The monoisotopic (exact) mass is 394 g/mol. The number of halogens is 1. The molecule has 25 heavy (non-hydrogen) atoms. The van der Waals surface area contributed by atoms with Crippen molar-refractivity contribution in [1.82, 2.24) is 18.8 Å². The van der Waals surface area contributed by atoms with Crippen molar-refractivity contribution >= 4 is 28.5 Å². The van der Waals surface area contributed by atoms with Crippen molar-refractivity contribution in [3.63, 3.8) is 0 Å². The van der Waals surface area contributed by atoms with Crippen LogP contribution in [0.1, 0.15) is 32.6 Å². The fraction of sp³-hybridized carbons (Fsp3) is 0.938. The summed E-state index contributed by atoms with van der Waals surface area (Å²) in [5.41, 5.74) is 0. The Morgan fingerprint density at radius 1 is 1.24 bits per heavy atom. The Bertz CT molecular complexity index is 570. The minimum atomic E-state index is -3.40. The molecule has 3 rings (SSSR count). The molecule has 1 N–H and O–H groups in total. The van der Waals surface area contributed by atoms with Gasteiger partial charge in [0.2, 0.25) is 5.91 Å². The summed E-state index contributed by atoms with van der Waals surface area (Å²) < 4.78 is 29.0. The van der Waals surface area contributed by atoms with Gasteiger partial charge in [-0.2, -0.15) is 17.4 Å². The molecule has 0 aromatic heterocycles. The van der Waals surface area contributed by atoms with E-state index in [2.05, 4.69) is 9.62 Å². The lowest BCUT2D eigenvalue weighted by atomic mass is 9.99. The van der Waals surface area contributed by atoms with Gasteiger partial charge in [0.05, 0.1) is 0 Å². The van der Waals surface area contributed by atoms with Crippen molar-refractivity contribution in [3.05, 3.63) is 0 Å². The van der Waals surface area contributed by atoms with Crippen LogP contribution in [-0.2, 0) is 15.0 Å². The molecular formula is C16H31ClN4O3S. The predicted octanol–water partition coefficient (Wildman–Crippen LogP) is 0.527. The molecule has 3 aliphatic rings. The van der Waals surface area contributed by atoms with E-state index in [1.54, 1.807) is 7.05 Å². The van der Waals surface area contributed by atoms with E-state index in [4.69, 9.17) is 0 Å². The number of carbonyl (C=O) groups is 1. The van der Waals surface area contributed by atoms with Crippen LogP contribution in [0, 0.1) is 11.8 Å². The van der Waals surface area contributed by atoms with Crippen molar-refractivity contribution < 1.29 is 13.2 Å². The molecule has 0 aromatic carbocycles. The molecule has 2 atom stereocenters. The average molecular weight is 395 g/mol. The van der Waals surface area contributed by atoms with Crippen LogP contribution in [0.3, 0.4) is 0 Å². The summed E-state index contributed by atoms with van der Waals surface area (Å²) in [5, 5.41) is 0. The predicted molar refractivity (Wildman–Crippen MR) is 99.9 cm³/mol. The van der Waals surface area contributed by atoms with E-state index in [1.165, 1.54) is 17.1 Å². The lowest BCUT2D eigenvalue weighted by molar-refractivity contribution is -0.127. The number of nitrogens with zero attached hydrogens (tertiary/aromatic N) is 3. The van der Waals surface area contributed by atoms with Crippen LogP contribution in [0.25, 0.3) is 0 Å². The van der Waals surface area contributed by atoms with Gasteiger partial charge < -0.3 is 4.90 Å².